The van der Waals surface area contributed by atoms with E-state index in [1.165, 1.54) is 0 Å². The summed E-state index contributed by atoms with van der Waals surface area (Å²) in [4.78, 5) is 9.43. The van der Waals surface area contributed by atoms with Crippen LogP contribution >= 0.6 is 0 Å². The lowest BCUT2D eigenvalue weighted by atomic mass is 9.95. The highest BCUT2D eigenvalue weighted by molar-refractivity contribution is 5.39. The fourth-order valence-corrected chi connectivity index (χ4v) is 3.28. The van der Waals surface area contributed by atoms with E-state index in [0.717, 1.165) is 48.9 Å². The van der Waals surface area contributed by atoms with Gasteiger partial charge in [-0.15, -0.1) is 0 Å². The molecule has 1 fully saturated rings. The zero-order valence-corrected chi connectivity index (χ0v) is 17.0. The minimum absolute atomic E-state index is 0.0297. The van der Waals surface area contributed by atoms with Crippen molar-refractivity contribution in [3.63, 3.8) is 0 Å². The predicted octanol–water partition coefficient (Wildman–Crippen LogP) is 3.47. The number of methoxy groups -OCH3 is 1. The summed E-state index contributed by atoms with van der Waals surface area (Å²) in [5.74, 6) is 1.64. The molecular formula is C20H31N5O2. The Hall–Kier alpha value is -1.99. The molecule has 0 radical (unpaired) electrons. The number of aromatic nitrogens is 4. The number of aryl methyl sites for hydroxylation is 1. The van der Waals surface area contributed by atoms with E-state index in [-0.39, 0.29) is 17.6 Å². The first-order valence-electron chi connectivity index (χ1n) is 9.68. The zero-order chi connectivity index (χ0) is 19.4. The van der Waals surface area contributed by atoms with Gasteiger partial charge in [-0.25, -0.2) is 9.97 Å². The van der Waals surface area contributed by atoms with Crippen LogP contribution in [0.2, 0.25) is 0 Å². The second-order valence-electron chi connectivity index (χ2n) is 8.06. The zero-order valence-electron chi connectivity index (χ0n) is 17.0. The molecule has 0 saturated carbocycles. The van der Waals surface area contributed by atoms with Gasteiger partial charge in [-0.1, -0.05) is 20.8 Å². The molecule has 2 aromatic heterocycles. The maximum Gasteiger partial charge on any atom is 0.136 e. The quantitative estimate of drug-likeness (QED) is 0.836. The number of rotatable bonds is 6. The SMILES string of the molecule is CCn1cc([C@H]2OCCC[C@@H]2Nc2cc(COC)nc(C(C)(C)C)n2)cn1. The Kier molecular flexibility index (Phi) is 6.11. The van der Waals surface area contributed by atoms with Crippen molar-refractivity contribution in [1.82, 2.24) is 19.7 Å². The highest BCUT2D eigenvalue weighted by Crippen LogP contribution is 2.31. The molecule has 0 bridgehead atoms. The molecule has 0 amide bonds. The third kappa shape index (κ3) is 4.84. The standard InChI is InChI=1S/C20H31N5O2/c1-6-25-12-14(11-21-25)18-16(8-7-9-27-18)23-17-10-15(13-26-5)22-19(24-17)20(2,3)4/h10-12,16,18H,6-9,13H2,1-5H3,(H,22,23,24)/t16-,18+/m0/s1. The highest BCUT2D eigenvalue weighted by Gasteiger charge is 2.29. The topological polar surface area (TPSA) is 74.1 Å². The normalized spacial score (nSPS) is 20.6. The molecule has 1 aliphatic rings. The molecule has 1 N–H and O–H groups in total. The van der Waals surface area contributed by atoms with Crippen LogP contribution in [0.3, 0.4) is 0 Å². The first-order chi connectivity index (χ1) is 12.9. The Morgan fingerprint density at radius 1 is 1.33 bits per heavy atom. The molecule has 0 unspecified atom stereocenters. The van der Waals surface area contributed by atoms with Crippen molar-refractivity contribution >= 4 is 5.82 Å². The van der Waals surface area contributed by atoms with E-state index < -0.39 is 0 Å². The monoisotopic (exact) mass is 373 g/mol. The number of hydrogen-bond acceptors (Lipinski definition) is 6. The molecule has 7 heteroatoms. The summed E-state index contributed by atoms with van der Waals surface area (Å²) in [6.07, 6.45) is 6.00. The Morgan fingerprint density at radius 2 is 2.15 bits per heavy atom. The van der Waals surface area contributed by atoms with E-state index in [2.05, 4.69) is 49.3 Å². The van der Waals surface area contributed by atoms with Gasteiger partial charge >= 0.3 is 0 Å². The van der Waals surface area contributed by atoms with Crippen LogP contribution in [-0.4, -0.2) is 39.5 Å². The van der Waals surface area contributed by atoms with Gasteiger partial charge in [0.25, 0.3) is 0 Å². The predicted molar refractivity (Wildman–Crippen MR) is 105 cm³/mol. The summed E-state index contributed by atoms with van der Waals surface area (Å²) in [6, 6.07) is 2.12. The van der Waals surface area contributed by atoms with Crippen LogP contribution in [0.4, 0.5) is 5.82 Å². The van der Waals surface area contributed by atoms with E-state index in [1.54, 1.807) is 7.11 Å². The molecule has 3 heterocycles. The average Bonchev–Trinajstić information content (AvgIpc) is 3.10. The van der Waals surface area contributed by atoms with Crippen molar-refractivity contribution < 1.29 is 9.47 Å². The summed E-state index contributed by atoms with van der Waals surface area (Å²) in [5, 5.41) is 8.00. The van der Waals surface area contributed by atoms with Crippen molar-refractivity contribution in [2.45, 2.75) is 71.2 Å². The number of ether oxygens (including phenoxy) is 2. The molecule has 2 atom stereocenters. The smallest absolute Gasteiger partial charge is 0.136 e. The molecule has 148 valence electrons. The number of hydrogen-bond donors (Lipinski definition) is 1. The fourth-order valence-electron chi connectivity index (χ4n) is 3.28. The lowest BCUT2D eigenvalue weighted by molar-refractivity contribution is 0.00549. The van der Waals surface area contributed by atoms with Gasteiger partial charge in [0, 0.05) is 43.5 Å². The molecule has 7 nitrogen and oxygen atoms in total. The average molecular weight is 374 g/mol. The van der Waals surface area contributed by atoms with E-state index >= 15 is 0 Å². The second kappa shape index (κ2) is 8.35. The number of nitrogens with zero attached hydrogens (tertiary/aromatic N) is 4. The first kappa shape index (κ1) is 19.8. The minimum Gasteiger partial charge on any atom is -0.378 e. The molecular weight excluding hydrogens is 342 g/mol. The number of anilines is 1. The van der Waals surface area contributed by atoms with Crippen LogP contribution in [-0.2, 0) is 28.0 Å². The van der Waals surface area contributed by atoms with Gasteiger partial charge < -0.3 is 14.8 Å². The molecule has 0 spiro atoms. The van der Waals surface area contributed by atoms with Gasteiger partial charge in [0.05, 0.1) is 24.5 Å². The second-order valence-corrected chi connectivity index (χ2v) is 8.06. The van der Waals surface area contributed by atoms with Crippen LogP contribution in [0.5, 0.6) is 0 Å². The Labute approximate surface area is 161 Å². The third-order valence-electron chi connectivity index (χ3n) is 4.70. The Bertz CT molecular complexity index is 753. The van der Waals surface area contributed by atoms with Crippen LogP contribution in [0, 0.1) is 0 Å². The molecule has 2 aromatic rings. The van der Waals surface area contributed by atoms with Crippen molar-refractivity contribution in [3.8, 4) is 0 Å². The molecule has 0 aromatic carbocycles. The largest absolute Gasteiger partial charge is 0.378 e. The van der Waals surface area contributed by atoms with E-state index in [4.69, 9.17) is 14.5 Å². The first-order valence-corrected chi connectivity index (χ1v) is 9.68. The van der Waals surface area contributed by atoms with Crippen molar-refractivity contribution in [1.29, 1.82) is 0 Å². The van der Waals surface area contributed by atoms with Gasteiger partial charge in [0.15, 0.2) is 0 Å². The molecule has 3 rings (SSSR count). The minimum atomic E-state index is -0.134. The van der Waals surface area contributed by atoms with Crippen molar-refractivity contribution in [3.05, 3.63) is 35.5 Å². The van der Waals surface area contributed by atoms with Crippen LogP contribution in [0.25, 0.3) is 0 Å². The Morgan fingerprint density at radius 3 is 2.81 bits per heavy atom. The summed E-state index contributed by atoms with van der Waals surface area (Å²) in [6.45, 7) is 10.5. The van der Waals surface area contributed by atoms with E-state index in [0.29, 0.717) is 6.61 Å². The van der Waals surface area contributed by atoms with Gasteiger partial charge in [0.2, 0.25) is 0 Å². The summed E-state index contributed by atoms with van der Waals surface area (Å²) in [7, 11) is 1.68. The van der Waals surface area contributed by atoms with Gasteiger partial charge in [-0.3, -0.25) is 4.68 Å². The Balaban J connectivity index is 1.86. The van der Waals surface area contributed by atoms with Crippen LogP contribution in [0.1, 0.15) is 63.7 Å². The van der Waals surface area contributed by atoms with E-state index in [1.807, 2.05) is 16.9 Å². The van der Waals surface area contributed by atoms with Crippen molar-refractivity contribution in [2.75, 3.05) is 19.0 Å². The fraction of sp³-hybridized carbons (Fsp3) is 0.650. The summed E-state index contributed by atoms with van der Waals surface area (Å²) < 4.78 is 13.3. The molecule has 0 aliphatic carbocycles. The lowest BCUT2D eigenvalue weighted by Gasteiger charge is -2.32. The maximum absolute atomic E-state index is 6.10. The van der Waals surface area contributed by atoms with E-state index in [9.17, 15) is 0 Å². The summed E-state index contributed by atoms with van der Waals surface area (Å²) in [5.41, 5.74) is 1.86. The van der Waals surface area contributed by atoms with Gasteiger partial charge in [-0.05, 0) is 19.8 Å². The number of nitrogens with one attached hydrogen (secondary N) is 1. The highest BCUT2D eigenvalue weighted by atomic mass is 16.5. The summed E-state index contributed by atoms with van der Waals surface area (Å²) >= 11 is 0. The maximum atomic E-state index is 6.10. The molecule has 27 heavy (non-hydrogen) atoms. The van der Waals surface area contributed by atoms with Gasteiger partial charge in [-0.2, -0.15) is 5.10 Å². The van der Waals surface area contributed by atoms with Gasteiger partial charge in [0.1, 0.15) is 17.7 Å². The molecule has 1 aliphatic heterocycles. The third-order valence-corrected chi connectivity index (χ3v) is 4.70. The van der Waals surface area contributed by atoms with Crippen LogP contribution < -0.4 is 5.32 Å². The lowest BCUT2D eigenvalue weighted by Crippen LogP contribution is -2.34. The van der Waals surface area contributed by atoms with Crippen LogP contribution in [0.15, 0.2) is 18.5 Å². The molecule has 1 saturated heterocycles. The van der Waals surface area contributed by atoms with Crippen molar-refractivity contribution in [2.24, 2.45) is 0 Å².